The van der Waals surface area contributed by atoms with Crippen LogP contribution in [0.25, 0.3) is 0 Å². The van der Waals surface area contributed by atoms with Crippen LogP contribution in [0.5, 0.6) is 0 Å². The van der Waals surface area contributed by atoms with Gasteiger partial charge >= 0.3 is 0 Å². The van der Waals surface area contributed by atoms with E-state index in [2.05, 4.69) is 22.2 Å². The third-order valence-electron chi connectivity index (χ3n) is 5.14. The van der Waals surface area contributed by atoms with Gasteiger partial charge in [-0.3, -0.25) is 9.52 Å². The van der Waals surface area contributed by atoms with Crippen molar-refractivity contribution in [2.45, 2.75) is 38.5 Å². The van der Waals surface area contributed by atoms with Gasteiger partial charge in [-0.15, -0.1) is 0 Å². The molecule has 0 atom stereocenters. The molecular weight excluding hydrogens is 408 g/mol. The fraction of sp³-hybridized carbons (Fsp3) is 0.240. The van der Waals surface area contributed by atoms with E-state index >= 15 is 0 Å². The minimum Gasteiger partial charge on any atom is -0.352 e. The van der Waals surface area contributed by atoms with Crippen molar-refractivity contribution < 1.29 is 13.2 Å². The molecule has 0 aliphatic carbocycles. The van der Waals surface area contributed by atoms with E-state index in [9.17, 15) is 13.2 Å². The molecule has 3 rings (SSSR count). The Morgan fingerprint density at radius 2 is 1.61 bits per heavy atom. The predicted octanol–water partition coefficient (Wildman–Crippen LogP) is 4.78. The number of carbonyl (C=O) groups is 1. The zero-order chi connectivity index (χ0) is 22.4. The number of nitrogens with one attached hydrogen (secondary N) is 2. The lowest BCUT2D eigenvalue weighted by Crippen LogP contribution is -2.25. The minimum atomic E-state index is -3.83. The average Bonchev–Trinajstić information content (AvgIpc) is 2.74. The maximum atomic E-state index is 13.0. The maximum Gasteiger partial charge on any atom is 0.262 e. The molecule has 0 fully saturated rings. The van der Waals surface area contributed by atoms with Crippen LogP contribution in [-0.2, 0) is 16.4 Å². The van der Waals surface area contributed by atoms with E-state index in [0.717, 1.165) is 24.0 Å². The number of hydrogen-bond acceptors (Lipinski definition) is 3. The first-order valence-electron chi connectivity index (χ1n) is 10.3. The van der Waals surface area contributed by atoms with Crippen LogP contribution in [0.3, 0.4) is 0 Å². The van der Waals surface area contributed by atoms with Crippen LogP contribution < -0.4 is 10.0 Å². The molecule has 0 saturated carbocycles. The fourth-order valence-corrected chi connectivity index (χ4v) is 4.80. The molecule has 0 aliphatic heterocycles. The molecule has 0 aromatic heterocycles. The number of sulfonamides is 1. The summed E-state index contributed by atoms with van der Waals surface area (Å²) < 4.78 is 28.7. The first-order valence-corrected chi connectivity index (χ1v) is 11.8. The molecular formula is C25H28N2O3S. The number of amides is 1. The second-order valence-electron chi connectivity index (χ2n) is 7.75. The highest BCUT2D eigenvalue weighted by atomic mass is 32.2. The molecule has 0 aliphatic rings. The molecule has 0 bridgehead atoms. The Bertz CT molecular complexity index is 1170. The first kappa shape index (κ1) is 22.6. The van der Waals surface area contributed by atoms with Crippen molar-refractivity contribution in [1.29, 1.82) is 0 Å². The van der Waals surface area contributed by atoms with Crippen molar-refractivity contribution in [2.24, 2.45) is 0 Å². The molecule has 0 unspecified atom stereocenters. The predicted molar refractivity (Wildman–Crippen MR) is 125 cm³/mol. The van der Waals surface area contributed by atoms with Gasteiger partial charge in [-0.05, 0) is 68.5 Å². The zero-order valence-corrected chi connectivity index (χ0v) is 18.9. The average molecular weight is 437 g/mol. The van der Waals surface area contributed by atoms with Crippen LogP contribution in [0, 0.1) is 20.8 Å². The van der Waals surface area contributed by atoms with Crippen LogP contribution in [0.15, 0.2) is 71.6 Å². The quantitative estimate of drug-likeness (QED) is 0.499. The number of carbonyl (C=O) groups excluding carboxylic acids is 1. The molecule has 0 saturated heterocycles. The highest BCUT2D eigenvalue weighted by molar-refractivity contribution is 7.92. The summed E-state index contributed by atoms with van der Waals surface area (Å²) in [6.07, 6.45) is 1.68. The Balaban J connectivity index is 1.69. The smallest absolute Gasteiger partial charge is 0.262 e. The molecule has 1 amide bonds. The molecule has 0 heterocycles. The molecule has 3 aromatic carbocycles. The molecule has 2 N–H and O–H groups in total. The molecule has 31 heavy (non-hydrogen) atoms. The molecule has 0 spiro atoms. The van der Waals surface area contributed by atoms with Crippen molar-refractivity contribution in [3.05, 3.63) is 94.5 Å². The van der Waals surface area contributed by atoms with Crippen LogP contribution in [0.1, 0.15) is 39.0 Å². The van der Waals surface area contributed by atoms with Crippen molar-refractivity contribution in [3.63, 3.8) is 0 Å². The van der Waals surface area contributed by atoms with Crippen LogP contribution in [-0.4, -0.2) is 20.9 Å². The number of anilines is 1. The summed E-state index contributed by atoms with van der Waals surface area (Å²) in [6, 6.07) is 20.4. The summed E-state index contributed by atoms with van der Waals surface area (Å²) in [7, 11) is -3.83. The Kier molecular flexibility index (Phi) is 7.13. The largest absolute Gasteiger partial charge is 0.352 e. The summed E-state index contributed by atoms with van der Waals surface area (Å²) in [5.41, 5.74) is 4.55. The molecule has 5 nitrogen and oxygen atoms in total. The van der Waals surface area contributed by atoms with Crippen molar-refractivity contribution in [2.75, 3.05) is 11.3 Å². The van der Waals surface area contributed by atoms with Crippen LogP contribution in [0.2, 0.25) is 0 Å². The van der Waals surface area contributed by atoms with Gasteiger partial charge in [0.1, 0.15) is 0 Å². The van der Waals surface area contributed by atoms with Gasteiger partial charge in [0.05, 0.1) is 10.6 Å². The summed E-state index contributed by atoms with van der Waals surface area (Å²) in [5, 5.41) is 2.88. The second-order valence-corrected chi connectivity index (χ2v) is 9.40. The number of hydrogen-bond donors (Lipinski definition) is 2. The van der Waals surface area contributed by atoms with E-state index < -0.39 is 10.0 Å². The lowest BCUT2D eigenvalue weighted by molar-refractivity contribution is 0.0953. The summed E-state index contributed by atoms with van der Waals surface area (Å²) in [6.45, 7) is 6.05. The van der Waals surface area contributed by atoms with E-state index in [1.165, 1.54) is 11.6 Å². The highest BCUT2D eigenvalue weighted by Crippen LogP contribution is 2.23. The van der Waals surface area contributed by atoms with Crippen molar-refractivity contribution in [3.8, 4) is 0 Å². The topological polar surface area (TPSA) is 75.3 Å². The highest BCUT2D eigenvalue weighted by Gasteiger charge is 2.20. The van der Waals surface area contributed by atoms with Gasteiger partial charge in [0.2, 0.25) is 0 Å². The van der Waals surface area contributed by atoms with Gasteiger partial charge in [0, 0.05) is 12.1 Å². The summed E-state index contributed by atoms with van der Waals surface area (Å²) in [4.78, 5) is 12.7. The number of benzene rings is 3. The Morgan fingerprint density at radius 3 is 2.32 bits per heavy atom. The molecule has 6 heteroatoms. The lowest BCUT2D eigenvalue weighted by Gasteiger charge is -2.14. The molecule has 0 radical (unpaired) electrons. The molecule has 162 valence electrons. The van der Waals surface area contributed by atoms with E-state index in [-0.39, 0.29) is 10.8 Å². The maximum absolute atomic E-state index is 13.0. The summed E-state index contributed by atoms with van der Waals surface area (Å²) in [5.74, 6) is -0.281. The SMILES string of the molecule is Cc1ccc(NS(=O)(=O)c2cc(C(=O)NCCCc3ccccc3)ccc2C)c(C)c1. The van der Waals surface area contributed by atoms with Gasteiger partial charge in [-0.25, -0.2) is 8.42 Å². The minimum absolute atomic E-state index is 0.101. The third kappa shape index (κ3) is 5.95. The number of aryl methyl sites for hydroxylation is 4. The number of rotatable bonds is 8. The third-order valence-corrected chi connectivity index (χ3v) is 6.64. The normalized spacial score (nSPS) is 11.2. The first-order chi connectivity index (χ1) is 14.8. The zero-order valence-electron chi connectivity index (χ0n) is 18.1. The van der Waals surface area contributed by atoms with Crippen molar-refractivity contribution >= 4 is 21.6 Å². The van der Waals surface area contributed by atoms with Gasteiger partial charge in [0.25, 0.3) is 15.9 Å². The van der Waals surface area contributed by atoms with Gasteiger partial charge in [-0.2, -0.15) is 0 Å². The Morgan fingerprint density at radius 1 is 0.871 bits per heavy atom. The van der Waals surface area contributed by atoms with E-state index in [0.29, 0.717) is 23.4 Å². The van der Waals surface area contributed by atoms with Crippen LogP contribution >= 0.6 is 0 Å². The standard InChI is InChI=1S/C25H28N2O3S/c1-18-11-14-23(20(3)16-18)27-31(29,30)24-17-22(13-12-19(24)2)25(28)26-15-7-10-21-8-5-4-6-9-21/h4-6,8-9,11-14,16-17,27H,7,10,15H2,1-3H3,(H,26,28). The Hall–Kier alpha value is -3.12. The summed E-state index contributed by atoms with van der Waals surface area (Å²) >= 11 is 0. The van der Waals surface area contributed by atoms with E-state index in [1.807, 2.05) is 44.2 Å². The fourth-order valence-electron chi connectivity index (χ4n) is 3.40. The van der Waals surface area contributed by atoms with E-state index in [4.69, 9.17) is 0 Å². The van der Waals surface area contributed by atoms with Crippen LogP contribution in [0.4, 0.5) is 5.69 Å². The second kappa shape index (κ2) is 9.79. The van der Waals surface area contributed by atoms with Gasteiger partial charge < -0.3 is 5.32 Å². The lowest BCUT2D eigenvalue weighted by atomic mass is 10.1. The molecule has 3 aromatic rings. The van der Waals surface area contributed by atoms with Gasteiger partial charge in [0.15, 0.2) is 0 Å². The monoisotopic (exact) mass is 436 g/mol. The van der Waals surface area contributed by atoms with E-state index in [1.54, 1.807) is 25.1 Å². The van der Waals surface area contributed by atoms with Crippen molar-refractivity contribution in [1.82, 2.24) is 5.32 Å². The van der Waals surface area contributed by atoms with Gasteiger partial charge in [-0.1, -0.05) is 54.1 Å². The Labute approximate surface area is 184 Å².